The molecule has 1 aliphatic rings. The smallest absolute Gasteiger partial charge is 0.259 e. The lowest BCUT2D eigenvalue weighted by Gasteiger charge is -2.24. The van der Waals surface area contributed by atoms with Crippen molar-refractivity contribution in [3.8, 4) is 17.2 Å². The highest BCUT2D eigenvalue weighted by Gasteiger charge is 2.27. The Morgan fingerprint density at radius 3 is 2.50 bits per heavy atom. The van der Waals surface area contributed by atoms with E-state index in [1.54, 1.807) is 38.6 Å². The van der Waals surface area contributed by atoms with Crippen LogP contribution in [0.25, 0.3) is 5.69 Å². The second-order valence-corrected chi connectivity index (χ2v) is 7.81. The summed E-state index contributed by atoms with van der Waals surface area (Å²) in [4.78, 5) is 13.3. The molecule has 0 saturated carbocycles. The second-order valence-electron chi connectivity index (χ2n) is 7.38. The highest BCUT2D eigenvalue weighted by molar-refractivity contribution is 6.30. The normalized spacial score (nSPS) is 13.8. The highest BCUT2D eigenvalue weighted by atomic mass is 35.5. The lowest BCUT2D eigenvalue weighted by Crippen LogP contribution is -2.29. The van der Waals surface area contributed by atoms with Crippen LogP contribution >= 0.6 is 24.0 Å². The molecule has 0 radical (unpaired) electrons. The van der Waals surface area contributed by atoms with Gasteiger partial charge in [-0.2, -0.15) is 5.10 Å². The molecular formula is C23H26Cl2N4O3. The van der Waals surface area contributed by atoms with Gasteiger partial charge in [0.05, 0.1) is 43.0 Å². The summed E-state index contributed by atoms with van der Waals surface area (Å²) in [5, 5.41) is 11.6. The zero-order valence-electron chi connectivity index (χ0n) is 17.9. The molecule has 9 heteroatoms. The first kappa shape index (κ1) is 23.9. The van der Waals surface area contributed by atoms with Crippen LogP contribution in [0.1, 0.15) is 34.8 Å². The molecule has 2 heterocycles. The number of piperidine rings is 1. The van der Waals surface area contributed by atoms with Gasteiger partial charge in [-0.1, -0.05) is 11.6 Å². The predicted molar refractivity (Wildman–Crippen MR) is 128 cm³/mol. The number of carbonyl (C=O) groups is 1. The number of hydrogen-bond donors (Lipinski definition) is 2. The van der Waals surface area contributed by atoms with E-state index in [1.165, 1.54) is 0 Å². The molecule has 1 aromatic heterocycles. The van der Waals surface area contributed by atoms with Crippen LogP contribution in [0.3, 0.4) is 0 Å². The van der Waals surface area contributed by atoms with Crippen molar-refractivity contribution in [1.82, 2.24) is 15.1 Å². The highest BCUT2D eigenvalue weighted by Crippen LogP contribution is 2.33. The fourth-order valence-corrected chi connectivity index (χ4v) is 4.03. The van der Waals surface area contributed by atoms with Crippen LogP contribution in [0.4, 0.5) is 5.69 Å². The number of ether oxygens (including phenoxy) is 2. The molecule has 0 spiro atoms. The number of benzene rings is 2. The third kappa shape index (κ3) is 5.01. The first-order valence-electron chi connectivity index (χ1n) is 10.2. The second kappa shape index (κ2) is 10.7. The molecule has 1 aliphatic heterocycles. The molecule has 2 aromatic carbocycles. The lowest BCUT2D eigenvalue weighted by atomic mass is 9.91. The molecule has 2 N–H and O–H groups in total. The van der Waals surface area contributed by atoms with E-state index in [0.29, 0.717) is 27.8 Å². The third-order valence-corrected chi connectivity index (χ3v) is 5.76. The molecular weight excluding hydrogens is 451 g/mol. The number of halogens is 2. The Labute approximate surface area is 198 Å². The van der Waals surface area contributed by atoms with E-state index in [0.717, 1.165) is 37.3 Å². The number of amides is 1. The van der Waals surface area contributed by atoms with Gasteiger partial charge in [0, 0.05) is 17.0 Å². The molecule has 0 unspecified atom stereocenters. The van der Waals surface area contributed by atoms with Crippen molar-refractivity contribution < 1.29 is 14.3 Å². The number of aromatic nitrogens is 2. The molecule has 1 amide bonds. The third-order valence-electron chi connectivity index (χ3n) is 5.51. The molecule has 32 heavy (non-hydrogen) atoms. The summed E-state index contributed by atoms with van der Waals surface area (Å²) in [7, 11) is 3.15. The minimum absolute atomic E-state index is 0. The molecule has 0 atom stereocenters. The van der Waals surface area contributed by atoms with Crippen LogP contribution in [-0.2, 0) is 0 Å². The van der Waals surface area contributed by atoms with Crippen molar-refractivity contribution in [1.29, 1.82) is 0 Å². The molecule has 0 aliphatic carbocycles. The average molecular weight is 477 g/mol. The van der Waals surface area contributed by atoms with E-state index in [4.69, 9.17) is 21.1 Å². The van der Waals surface area contributed by atoms with E-state index < -0.39 is 0 Å². The standard InChI is InChI=1S/C23H25ClN4O3.ClH/c1-30-18-7-8-20(21(13-18)31-2)27-23(29)19-14-26-28(17-5-3-16(24)4-6-17)22(19)15-9-11-25-12-10-15;/h3-8,13-15,25H,9-12H2,1-2H3,(H,27,29);1H. The van der Waals surface area contributed by atoms with Gasteiger partial charge in [0.1, 0.15) is 11.5 Å². The Kier molecular flexibility index (Phi) is 8.01. The van der Waals surface area contributed by atoms with Crippen molar-refractivity contribution >= 4 is 35.6 Å². The fourth-order valence-electron chi connectivity index (χ4n) is 3.90. The van der Waals surface area contributed by atoms with Crippen molar-refractivity contribution in [2.45, 2.75) is 18.8 Å². The number of anilines is 1. The van der Waals surface area contributed by atoms with Gasteiger partial charge in [-0.3, -0.25) is 4.79 Å². The van der Waals surface area contributed by atoms with Gasteiger partial charge in [-0.05, 0) is 62.3 Å². The average Bonchev–Trinajstić information content (AvgIpc) is 3.25. The zero-order chi connectivity index (χ0) is 21.8. The summed E-state index contributed by atoms with van der Waals surface area (Å²) in [6.07, 6.45) is 3.51. The lowest BCUT2D eigenvalue weighted by molar-refractivity contribution is 0.102. The Bertz CT molecular complexity index is 1060. The van der Waals surface area contributed by atoms with E-state index in [9.17, 15) is 4.79 Å². The van der Waals surface area contributed by atoms with Gasteiger partial charge in [0.2, 0.25) is 0 Å². The van der Waals surface area contributed by atoms with Crippen molar-refractivity contribution in [2.24, 2.45) is 0 Å². The molecule has 1 saturated heterocycles. The van der Waals surface area contributed by atoms with Crippen molar-refractivity contribution in [3.05, 3.63) is 64.9 Å². The van der Waals surface area contributed by atoms with Crippen molar-refractivity contribution in [2.75, 3.05) is 32.6 Å². The molecule has 4 rings (SSSR count). The van der Waals surface area contributed by atoms with E-state index in [2.05, 4.69) is 15.7 Å². The first-order chi connectivity index (χ1) is 15.1. The largest absolute Gasteiger partial charge is 0.497 e. The number of nitrogens with one attached hydrogen (secondary N) is 2. The maximum Gasteiger partial charge on any atom is 0.259 e. The minimum Gasteiger partial charge on any atom is -0.497 e. The monoisotopic (exact) mass is 476 g/mol. The number of rotatable bonds is 6. The van der Waals surface area contributed by atoms with Gasteiger partial charge in [-0.25, -0.2) is 4.68 Å². The Morgan fingerprint density at radius 2 is 1.84 bits per heavy atom. The van der Waals surface area contributed by atoms with Crippen LogP contribution in [0, 0.1) is 0 Å². The first-order valence-corrected chi connectivity index (χ1v) is 10.6. The summed E-state index contributed by atoms with van der Waals surface area (Å²) in [6, 6.07) is 12.8. The molecule has 170 valence electrons. The summed E-state index contributed by atoms with van der Waals surface area (Å²) in [6.45, 7) is 1.81. The summed E-state index contributed by atoms with van der Waals surface area (Å²) < 4.78 is 12.5. The van der Waals surface area contributed by atoms with E-state index in [1.807, 2.05) is 28.9 Å². The summed E-state index contributed by atoms with van der Waals surface area (Å²) in [5.74, 6) is 1.18. The fraction of sp³-hybridized carbons (Fsp3) is 0.304. The zero-order valence-corrected chi connectivity index (χ0v) is 19.5. The van der Waals surface area contributed by atoms with Gasteiger partial charge in [-0.15, -0.1) is 12.4 Å². The van der Waals surface area contributed by atoms with Crippen LogP contribution in [0.15, 0.2) is 48.7 Å². The van der Waals surface area contributed by atoms with Crippen molar-refractivity contribution in [3.63, 3.8) is 0 Å². The maximum atomic E-state index is 13.3. The molecule has 1 fully saturated rings. The molecule has 0 bridgehead atoms. The van der Waals surface area contributed by atoms with Crippen LogP contribution in [0.2, 0.25) is 5.02 Å². The SMILES string of the molecule is COc1ccc(NC(=O)c2cnn(-c3ccc(Cl)cc3)c2C2CCNCC2)c(OC)c1.Cl. The van der Waals surface area contributed by atoms with E-state index in [-0.39, 0.29) is 24.2 Å². The number of methoxy groups -OCH3 is 2. The maximum absolute atomic E-state index is 13.3. The topological polar surface area (TPSA) is 77.4 Å². The van der Waals surface area contributed by atoms with Crippen LogP contribution in [0.5, 0.6) is 11.5 Å². The summed E-state index contributed by atoms with van der Waals surface area (Å²) >= 11 is 6.06. The van der Waals surface area contributed by atoms with Gasteiger partial charge in [0.15, 0.2) is 0 Å². The number of nitrogens with zero attached hydrogens (tertiary/aromatic N) is 2. The van der Waals surface area contributed by atoms with Crippen LogP contribution < -0.4 is 20.1 Å². The Balaban J connectivity index is 0.00000289. The Morgan fingerprint density at radius 1 is 1.12 bits per heavy atom. The minimum atomic E-state index is -0.225. The number of hydrogen-bond acceptors (Lipinski definition) is 5. The van der Waals surface area contributed by atoms with Gasteiger partial charge < -0.3 is 20.1 Å². The van der Waals surface area contributed by atoms with Gasteiger partial charge >= 0.3 is 0 Å². The quantitative estimate of drug-likeness (QED) is 0.539. The molecule has 3 aromatic rings. The van der Waals surface area contributed by atoms with Gasteiger partial charge in [0.25, 0.3) is 5.91 Å². The number of carbonyl (C=O) groups excluding carboxylic acids is 1. The van der Waals surface area contributed by atoms with Crippen LogP contribution in [-0.4, -0.2) is 43.0 Å². The Hall–Kier alpha value is -2.74. The summed E-state index contributed by atoms with van der Waals surface area (Å²) in [5.41, 5.74) is 2.91. The predicted octanol–water partition coefficient (Wildman–Crippen LogP) is 4.68. The van der Waals surface area contributed by atoms with E-state index >= 15 is 0 Å². The molecule has 7 nitrogen and oxygen atoms in total.